The summed E-state index contributed by atoms with van der Waals surface area (Å²) in [5.41, 5.74) is 1.55. The van der Waals surface area contributed by atoms with Crippen LogP contribution in [0.3, 0.4) is 0 Å². The molecule has 0 aliphatic heterocycles. The summed E-state index contributed by atoms with van der Waals surface area (Å²) in [6.07, 6.45) is 2.07. The molecular formula is C11H10N2O3. The Hall–Kier alpha value is -2.17. The molecule has 2 aromatic rings. The predicted molar refractivity (Wildman–Crippen MR) is 58.0 cm³/mol. The van der Waals surface area contributed by atoms with Gasteiger partial charge in [-0.05, 0) is 0 Å². The first-order chi connectivity index (χ1) is 7.78. The normalized spacial score (nSPS) is 10.1. The molecule has 1 heterocycles. The fourth-order valence-corrected chi connectivity index (χ4v) is 1.41. The summed E-state index contributed by atoms with van der Waals surface area (Å²) in [6.45, 7) is 0. The molecule has 2 rings (SSSR count). The number of ether oxygens (including phenoxy) is 2. The lowest BCUT2D eigenvalue weighted by Gasteiger charge is -2.08. The molecule has 5 heteroatoms. The van der Waals surface area contributed by atoms with Gasteiger partial charge in [0.1, 0.15) is 5.69 Å². The molecule has 1 aromatic carbocycles. The number of carbonyl (C=O) groups excluding carboxylic acids is 1. The highest BCUT2D eigenvalue weighted by molar-refractivity contribution is 5.82. The number of hydrogen-bond acceptors (Lipinski definition) is 5. The Balaban J connectivity index is 2.68. The Kier molecular flexibility index (Phi) is 2.68. The van der Waals surface area contributed by atoms with Gasteiger partial charge in [-0.2, -0.15) is 0 Å². The van der Waals surface area contributed by atoms with E-state index in [1.54, 1.807) is 26.4 Å². The fraction of sp³-hybridized carbons (Fsp3) is 0.182. The molecule has 0 radical (unpaired) electrons. The largest absolute Gasteiger partial charge is 0.493 e. The molecule has 0 aliphatic carbocycles. The number of rotatable bonds is 3. The number of methoxy groups -OCH3 is 2. The second kappa shape index (κ2) is 4.14. The first-order valence-electron chi connectivity index (χ1n) is 4.62. The highest BCUT2D eigenvalue weighted by atomic mass is 16.5. The smallest absolute Gasteiger partial charge is 0.170 e. The van der Waals surface area contributed by atoms with Gasteiger partial charge in [0.25, 0.3) is 0 Å². The zero-order valence-electron chi connectivity index (χ0n) is 8.93. The lowest BCUT2D eigenvalue weighted by molar-refractivity contribution is 0.111. The van der Waals surface area contributed by atoms with E-state index in [0.717, 1.165) is 0 Å². The highest BCUT2D eigenvalue weighted by Gasteiger charge is 2.07. The molecule has 16 heavy (non-hydrogen) atoms. The van der Waals surface area contributed by atoms with Crippen molar-refractivity contribution in [2.45, 2.75) is 0 Å². The van der Waals surface area contributed by atoms with Gasteiger partial charge < -0.3 is 9.47 Å². The summed E-state index contributed by atoms with van der Waals surface area (Å²) < 4.78 is 10.3. The van der Waals surface area contributed by atoms with E-state index >= 15 is 0 Å². The average molecular weight is 218 g/mol. The van der Waals surface area contributed by atoms with Crippen LogP contribution in [0.1, 0.15) is 10.5 Å². The number of aldehydes is 1. The van der Waals surface area contributed by atoms with E-state index in [-0.39, 0.29) is 0 Å². The minimum absolute atomic E-state index is 0.291. The van der Waals surface area contributed by atoms with Crippen molar-refractivity contribution in [3.05, 3.63) is 24.0 Å². The standard InChI is InChI=1S/C11H10N2O3/c1-15-10-3-8-9(4-11(10)16-2)13-7(6-14)5-12-8/h3-6H,1-2H3. The molecule has 0 fully saturated rings. The molecular weight excluding hydrogens is 208 g/mol. The first-order valence-corrected chi connectivity index (χ1v) is 4.62. The maximum Gasteiger partial charge on any atom is 0.170 e. The number of carbonyl (C=O) groups is 1. The maximum atomic E-state index is 10.6. The Bertz CT molecular complexity index is 540. The Morgan fingerprint density at radius 2 is 1.75 bits per heavy atom. The molecule has 0 saturated heterocycles. The summed E-state index contributed by atoms with van der Waals surface area (Å²) in [5.74, 6) is 1.15. The summed E-state index contributed by atoms with van der Waals surface area (Å²) in [5, 5.41) is 0. The minimum Gasteiger partial charge on any atom is -0.493 e. The van der Waals surface area contributed by atoms with E-state index in [0.29, 0.717) is 34.5 Å². The van der Waals surface area contributed by atoms with Crippen molar-refractivity contribution in [3.63, 3.8) is 0 Å². The molecule has 0 spiro atoms. The van der Waals surface area contributed by atoms with Crippen LogP contribution in [0.2, 0.25) is 0 Å². The Morgan fingerprint density at radius 1 is 1.12 bits per heavy atom. The molecule has 0 unspecified atom stereocenters. The molecule has 0 bridgehead atoms. The quantitative estimate of drug-likeness (QED) is 0.730. The van der Waals surface area contributed by atoms with Crippen molar-refractivity contribution in [2.75, 3.05) is 14.2 Å². The molecule has 5 nitrogen and oxygen atoms in total. The van der Waals surface area contributed by atoms with E-state index in [1.807, 2.05) is 0 Å². The van der Waals surface area contributed by atoms with Crippen molar-refractivity contribution in [3.8, 4) is 11.5 Å². The zero-order valence-corrected chi connectivity index (χ0v) is 8.93. The lowest BCUT2D eigenvalue weighted by Crippen LogP contribution is -1.95. The number of nitrogens with zero attached hydrogens (tertiary/aromatic N) is 2. The number of aromatic nitrogens is 2. The summed E-state index contributed by atoms with van der Waals surface area (Å²) >= 11 is 0. The van der Waals surface area contributed by atoms with Gasteiger partial charge in [-0.3, -0.25) is 9.78 Å². The number of benzene rings is 1. The van der Waals surface area contributed by atoms with Gasteiger partial charge in [0.05, 0.1) is 31.4 Å². The van der Waals surface area contributed by atoms with E-state index in [2.05, 4.69) is 9.97 Å². The Labute approximate surface area is 92.0 Å². The number of fused-ring (bicyclic) bond motifs is 1. The zero-order chi connectivity index (χ0) is 11.5. The van der Waals surface area contributed by atoms with Crippen LogP contribution in [-0.2, 0) is 0 Å². The molecule has 0 N–H and O–H groups in total. The monoisotopic (exact) mass is 218 g/mol. The predicted octanol–water partition coefficient (Wildman–Crippen LogP) is 1.46. The topological polar surface area (TPSA) is 61.3 Å². The van der Waals surface area contributed by atoms with E-state index in [9.17, 15) is 4.79 Å². The van der Waals surface area contributed by atoms with Gasteiger partial charge in [-0.15, -0.1) is 0 Å². The van der Waals surface area contributed by atoms with Crippen molar-refractivity contribution < 1.29 is 14.3 Å². The summed E-state index contributed by atoms with van der Waals surface area (Å²) in [6, 6.07) is 3.41. The molecule has 0 saturated carbocycles. The minimum atomic E-state index is 0.291. The van der Waals surface area contributed by atoms with Gasteiger partial charge in [0.2, 0.25) is 0 Å². The second-order valence-electron chi connectivity index (χ2n) is 3.11. The highest BCUT2D eigenvalue weighted by Crippen LogP contribution is 2.30. The third-order valence-corrected chi connectivity index (χ3v) is 2.19. The molecule has 1 aromatic heterocycles. The van der Waals surface area contributed by atoms with Gasteiger partial charge in [0.15, 0.2) is 17.8 Å². The second-order valence-corrected chi connectivity index (χ2v) is 3.11. The van der Waals surface area contributed by atoms with Gasteiger partial charge in [-0.1, -0.05) is 0 Å². The SMILES string of the molecule is COc1cc2ncc(C=O)nc2cc1OC. The molecule has 0 atom stereocenters. The van der Waals surface area contributed by atoms with Crippen LogP contribution in [0, 0.1) is 0 Å². The average Bonchev–Trinajstić information content (AvgIpc) is 2.36. The maximum absolute atomic E-state index is 10.6. The molecule has 0 amide bonds. The molecule has 82 valence electrons. The van der Waals surface area contributed by atoms with Gasteiger partial charge >= 0.3 is 0 Å². The number of hydrogen-bond donors (Lipinski definition) is 0. The first kappa shape index (κ1) is 10.4. The molecule has 0 aliphatic rings. The van der Waals surface area contributed by atoms with Crippen LogP contribution in [0.4, 0.5) is 0 Å². The van der Waals surface area contributed by atoms with Gasteiger partial charge in [-0.25, -0.2) is 4.98 Å². The lowest BCUT2D eigenvalue weighted by atomic mass is 10.2. The van der Waals surface area contributed by atoms with Crippen LogP contribution in [-0.4, -0.2) is 30.5 Å². The van der Waals surface area contributed by atoms with Crippen molar-refractivity contribution >= 4 is 17.3 Å². The van der Waals surface area contributed by atoms with E-state index in [4.69, 9.17) is 9.47 Å². The van der Waals surface area contributed by atoms with Crippen molar-refractivity contribution in [1.82, 2.24) is 9.97 Å². The van der Waals surface area contributed by atoms with Crippen LogP contribution >= 0.6 is 0 Å². The summed E-state index contributed by atoms with van der Waals surface area (Å²) in [7, 11) is 3.09. The van der Waals surface area contributed by atoms with E-state index in [1.165, 1.54) is 6.20 Å². The van der Waals surface area contributed by atoms with Crippen molar-refractivity contribution in [1.29, 1.82) is 0 Å². The van der Waals surface area contributed by atoms with Crippen LogP contribution in [0.5, 0.6) is 11.5 Å². The third kappa shape index (κ3) is 1.67. The van der Waals surface area contributed by atoms with Crippen LogP contribution in [0.15, 0.2) is 18.3 Å². The van der Waals surface area contributed by atoms with Crippen LogP contribution in [0.25, 0.3) is 11.0 Å². The summed E-state index contributed by atoms with van der Waals surface area (Å²) in [4.78, 5) is 18.8. The van der Waals surface area contributed by atoms with E-state index < -0.39 is 0 Å². The van der Waals surface area contributed by atoms with Crippen molar-refractivity contribution in [2.24, 2.45) is 0 Å². The third-order valence-electron chi connectivity index (χ3n) is 2.19. The fourth-order valence-electron chi connectivity index (χ4n) is 1.41. The Morgan fingerprint density at radius 3 is 2.31 bits per heavy atom. The van der Waals surface area contributed by atoms with Gasteiger partial charge in [0, 0.05) is 12.1 Å². The van der Waals surface area contributed by atoms with Crippen LogP contribution < -0.4 is 9.47 Å².